The molecular formula is C22H20ClN3O2. The molecule has 0 aliphatic carbocycles. The van der Waals surface area contributed by atoms with Crippen LogP contribution in [0.15, 0.2) is 84.0 Å². The molecule has 0 heterocycles. The number of hydrogen-bond acceptors (Lipinski definition) is 4. The molecule has 0 aliphatic heterocycles. The van der Waals surface area contributed by atoms with Crippen LogP contribution in [-0.2, 0) is 11.4 Å². The number of amides is 1. The molecule has 6 heteroatoms. The summed E-state index contributed by atoms with van der Waals surface area (Å²) in [7, 11) is 0. The lowest BCUT2D eigenvalue weighted by Crippen LogP contribution is -2.25. The normalized spacial score (nSPS) is 10.6. The average Bonchev–Trinajstić information content (AvgIpc) is 2.73. The second-order valence-electron chi connectivity index (χ2n) is 5.97. The number of rotatable bonds is 8. The van der Waals surface area contributed by atoms with E-state index in [1.54, 1.807) is 18.3 Å². The van der Waals surface area contributed by atoms with Gasteiger partial charge in [-0.05, 0) is 35.4 Å². The Morgan fingerprint density at radius 3 is 2.61 bits per heavy atom. The third-order valence-electron chi connectivity index (χ3n) is 3.82. The number of nitrogens with one attached hydrogen (secondary N) is 2. The van der Waals surface area contributed by atoms with Crippen molar-refractivity contribution in [2.75, 3.05) is 11.9 Å². The van der Waals surface area contributed by atoms with E-state index < -0.39 is 0 Å². The lowest BCUT2D eigenvalue weighted by molar-refractivity contribution is -0.119. The van der Waals surface area contributed by atoms with Crippen molar-refractivity contribution < 1.29 is 9.53 Å². The highest BCUT2D eigenvalue weighted by atomic mass is 35.5. The Kier molecular flexibility index (Phi) is 7.04. The van der Waals surface area contributed by atoms with Crippen LogP contribution in [-0.4, -0.2) is 18.7 Å². The van der Waals surface area contributed by atoms with Crippen LogP contribution in [0.5, 0.6) is 5.75 Å². The van der Waals surface area contributed by atoms with Gasteiger partial charge in [0, 0.05) is 0 Å². The molecule has 0 radical (unpaired) electrons. The molecule has 3 aromatic rings. The van der Waals surface area contributed by atoms with Gasteiger partial charge in [0.25, 0.3) is 5.91 Å². The molecule has 0 aliphatic rings. The SMILES string of the molecule is O=C(CNc1ccccc1Cl)NN=Cc1cccc(OCc2ccccc2)c1. The fraction of sp³-hybridized carbons (Fsp3) is 0.0909. The fourth-order valence-electron chi connectivity index (χ4n) is 2.42. The molecule has 0 saturated heterocycles. The predicted octanol–water partition coefficient (Wildman–Crippen LogP) is 4.48. The Morgan fingerprint density at radius 1 is 1.00 bits per heavy atom. The molecule has 2 N–H and O–H groups in total. The predicted molar refractivity (Wildman–Crippen MR) is 113 cm³/mol. The third-order valence-corrected chi connectivity index (χ3v) is 4.15. The van der Waals surface area contributed by atoms with Gasteiger partial charge in [-0.1, -0.05) is 66.2 Å². The lowest BCUT2D eigenvalue weighted by atomic mass is 10.2. The van der Waals surface area contributed by atoms with Gasteiger partial charge in [0.05, 0.1) is 23.5 Å². The Balaban J connectivity index is 1.47. The van der Waals surface area contributed by atoms with Crippen molar-refractivity contribution in [3.63, 3.8) is 0 Å². The molecule has 0 bridgehead atoms. The maximum absolute atomic E-state index is 11.9. The van der Waals surface area contributed by atoms with E-state index in [0.29, 0.717) is 17.3 Å². The Hall–Kier alpha value is -3.31. The van der Waals surface area contributed by atoms with Crippen LogP contribution >= 0.6 is 11.6 Å². The maximum Gasteiger partial charge on any atom is 0.259 e. The molecule has 142 valence electrons. The minimum absolute atomic E-state index is 0.0707. The highest BCUT2D eigenvalue weighted by Gasteiger charge is 2.02. The van der Waals surface area contributed by atoms with Crippen LogP contribution < -0.4 is 15.5 Å². The van der Waals surface area contributed by atoms with Crippen LogP contribution in [0.4, 0.5) is 5.69 Å². The van der Waals surface area contributed by atoms with Gasteiger partial charge in [0.15, 0.2) is 0 Å². The number of anilines is 1. The largest absolute Gasteiger partial charge is 0.489 e. The van der Waals surface area contributed by atoms with Crippen molar-refractivity contribution in [1.29, 1.82) is 0 Å². The first kappa shape index (κ1) is 19.5. The topological polar surface area (TPSA) is 62.7 Å². The summed E-state index contributed by atoms with van der Waals surface area (Å²) in [6.45, 7) is 0.563. The molecule has 0 fully saturated rings. The van der Waals surface area contributed by atoms with Gasteiger partial charge < -0.3 is 10.1 Å². The van der Waals surface area contributed by atoms with E-state index in [1.165, 1.54) is 0 Å². The van der Waals surface area contributed by atoms with Gasteiger partial charge in [0.1, 0.15) is 12.4 Å². The van der Waals surface area contributed by atoms with Crippen molar-refractivity contribution in [2.45, 2.75) is 6.61 Å². The van der Waals surface area contributed by atoms with E-state index in [9.17, 15) is 4.79 Å². The number of hydrogen-bond donors (Lipinski definition) is 2. The summed E-state index contributed by atoms with van der Waals surface area (Å²) in [5.74, 6) is 0.465. The van der Waals surface area contributed by atoms with E-state index in [0.717, 1.165) is 16.9 Å². The van der Waals surface area contributed by atoms with Gasteiger partial charge >= 0.3 is 0 Å². The second-order valence-corrected chi connectivity index (χ2v) is 6.38. The minimum atomic E-state index is -0.271. The van der Waals surface area contributed by atoms with E-state index in [1.807, 2.05) is 66.7 Å². The summed E-state index contributed by atoms with van der Waals surface area (Å²) in [5, 5.41) is 7.51. The number of carbonyl (C=O) groups is 1. The quantitative estimate of drug-likeness (QED) is 0.438. The van der Waals surface area contributed by atoms with Gasteiger partial charge in [-0.15, -0.1) is 0 Å². The van der Waals surface area contributed by atoms with Crippen molar-refractivity contribution in [3.05, 3.63) is 95.0 Å². The van der Waals surface area contributed by atoms with Crippen molar-refractivity contribution in [3.8, 4) is 5.75 Å². The van der Waals surface area contributed by atoms with Gasteiger partial charge in [-0.25, -0.2) is 5.43 Å². The van der Waals surface area contributed by atoms with Crippen molar-refractivity contribution in [2.24, 2.45) is 5.10 Å². The molecule has 3 aromatic carbocycles. The van der Waals surface area contributed by atoms with E-state index >= 15 is 0 Å². The summed E-state index contributed by atoms with van der Waals surface area (Å²) in [6.07, 6.45) is 1.57. The van der Waals surface area contributed by atoms with Crippen LogP contribution in [0, 0.1) is 0 Å². The van der Waals surface area contributed by atoms with Crippen LogP contribution in [0.25, 0.3) is 0 Å². The first-order chi connectivity index (χ1) is 13.7. The molecule has 0 atom stereocenters. The zero-order chi connectivity index (χ0) is 19.6. The average molecular weight is 394 g/mol. The smallest absolute Gasteiger partial charge is 0.259 e. The standard InChI is InChI=1S/C22H20ClN3O2/c23-20-11-4-5-12-21(20)24-15-22(27)26-25-14-18-9-6-10-19(13-18)28-16-17-7-2-1-3-8-17/h1-14,24H,15-16H2,(H,26,27). The molecule has 0 saturated carbocycles. The number of carbonyl (C=O) groups excluding carboxylic acids is 1. The first-order valence-corrected chi connectivity index (χ1v) is 9.15. The number of para-hydroxylation sites is 1. The van der Waals surface area contributed by atoms with Crippen LogP contribution in [0.2, 0.25) is 5.02 Å². The van der Waals surface area contributed by atoms with Gasteiger partial charge in [-0.2, -0.15) is 5.10 Å². The number of benzene rings is 3. The van der Waals surface area contributed by atoms with Gasteiger partial charge in [0.2, 0.25) is 0 Å². The van der Waals surface area contributed by atoms with Crippen LogP contribution in [0.1, 0.15) is 11.1 Å². The molecule has 1 amide bonds. The Labute approximate surface area is 169 Å². The van der Waals surface area contributed by atoms with Crippen molar-refractivity contribution >= 4 is 29.4 Å². The number of halogens is 1. The zero-order valence-corrected chi connectivity index (χ0v) is 15.9. The molecule has 0 aromatic heterocycles. The molecule has 28 heavy (non-hydrogen) atoms. The number of nitrogens with zero attached hydrogens (tertiary/aromatic N) is 1. The zero-order valence-electron chi connectivity index (χ0n) is 15.1. The minimum Gasteiger partial charge on any atom is -0.489 e. The summed E-state index contributed by atoms with van der Waals surface area (Å²) >= 11 is 6.04. The highest BCUT2D eigenvalue weighted by molar-refractivity contribution is 6.33. The summed E-state index contributed by atoms with van der Waals surface area (Å²) in [5.41, 5.74) is 5.10. The monoisotopic (exact) mass is 393 g/mol. The summed E-state index contributed by atoms with van der Waals surface area (Å²) in [4.78, 5) is 11.9. The first-order valence-electron chi connectivity index (χ1n) is 8.78. The van der Waals surface area contributed by atoms with Crippen LogP contribution in [0.3, 0.4) is 0 Å². The molecule has 0 unspecified atom stereocenters. The molecular weight excluding hydrogens is 374 g/mol. The summed E-state index contributed by atoms with van der Waals surface area (Å²) in [6, 6.07) is 24.7. The Bertz CT molecular complexity index is 945. The molecule has 0 spiro atoms. The van der Waals surface area contributed by atoms with E-state index in [4.69, 9.17) is 16.3 Å². The van der Waals surface area contributed by atoms with Crippen molar-refractivity contribution in [1.82, 2.24) is 5.43 Å². The molecule has 3 rings (SSSR count). The van der Waals surface area contributed by atoms with E-state index in [2.05, 4.69) is 15.8 Å². The summed E-state index contributed by atoms with van der Waals surface area (Å²) < 4.78 is 5.79. The van der Waals surface area contributed by atoms with E-state index in [-0.39, 0.29) is 12.5 Å². The van der Waals surface area contributed by atoms with Gasteiger partial charge in [-0.3, -0.25) is 4.79 Å². The molecule has 5 nitrogen and oxygen atoms in total. The maximum atomic E-state index is 11.9. The second kappa shape index (κ2) is 10.1. The Morgan fingerprint density at radius 2 is 1.79 bits per heavy atom. The third kappa shape index (κ3) is 6.14. The fourth-order valence-corrected chi connectivity index (χ4v) is 2.63. The highest BCUT2D eigenvalue weighted by Crippen LogP contribution is 2.19. The number of ether oxygens (including phenoxy) is 1. The number of hydrazone groups is 1. The lowest BCUT2D eigenvalue weighted by Gasteiger charge is -2.07.